The maximum Gasteiger partial charge on any atom is 1.00 e. The number of aromatic carboxylic acids is 1. The molecule has 0 atom stereocenters. The molecule has 5 heteroatoms. The summed E-state index contributed by atoms with van der Waals surface area (Å²) < 4.78 is 4.78. The first-order valence-electron chi connectivity index (χ1n) is 3.45. The summed E-state index contributed by atoms with van der Waals surface area (Å²) in [5, 5.41) is 13.6. The first-order valence-corrected chi connectivity index (χ1v) is 3.45. The van der Waals surface area contributed by atoms with Crippen molar-refractivity contribution in [3.63, 3.8) is 0 Å². The van der Waals surface area contributed by atoms with Gasteiger partial charge in [0.25, 0.3) is 0 Å². The Morgan fingerprint density at radius 1 is 1.67 bits per heavy atom. The number of carbonyl (C=O) groups is 1. The van der Waals surface area contributed by atoms with E-state index in [0.717, 1.165) is 12.8 Å². The molecular weight excluding hydrogens is 185 g/mol. The van der Waals surface area contributed by atoms with Crippen molar-refractivity contribution in [3.8, 4) is 0 Å². The molecule has 0 aromatic carbocycles. The summed E-state index contributed by atoms with van der Waals surface area (Å²) in [4.78, 5) is 10.2. The molecule has 1 fully saturated rings. The molecular formula is C7H6KNO3. The van der Waals surface area contributed by atoms with Gasteiger partial charge < -0.3 is 14.4 Å². The molecule has 0 saturated heterocycles. The van der Waals surface area contributed by atoms with Gasteiger partial charge in [0.15, 0.2) is 0 Å². The summed E-state index contributed by atoms with van der Waals surface area (Å²) in [6.45, 7) is 0. The molecule has 0 radical (unpaired) electrons. The molecule has 1 saturated carbocycles. The Balaban J connectivity index is 0.000000720. The second kappa shape index (κ2) is 4.02. The Kier molecular flexibility index (Phi) is 3.48. The smallest absolute Gasteiger partial charge is 0.543 e. The van der Waals surface area contributed by atoms with Gasteiger partial charge in [-0.15, -0.1) is 0 Å². The molecule has 1 aliphatic carbocycles. The zero-order valence-electron chi connectivity index (χ0n) is 6.74. The number of hydrogen-bond donors (Lipinski definition) is 0. The van der Waals surface area contributed by atoms with Crippen LogP contribution in [0, 0.1) is 0 Å². The van der Waals surface area contributed by atoms with Gasteiger partial charge in [-0.1, -0.05) is 5.16 Å². The normalized spacial score (nSPS) is 15.3. The molecule has 0 N–H and O–H groups in total. The van der Waals surface area contributed by atoms with Crippen LogP contribution in [-0.4, -0.2) is 11.1 Å². The summed E-state index contributed by atoms with van der Waals surface area (Å²) in [7, 11) is 0. The summed E-state index contributed by atoms with van der Waals surface area (Å²) in [5.41, 5.74) is -0.105. The van der Waals surface area contributed by atoms with Crippen LogP contribution in [0.15, 0.2) is 10.6 Å². The third-order valence-corrected chi connectivity index (χ3v) is 1.72. The third-order valence-electron chi connectivity index (χ3n) is 1.72. The minimum Gasteiger partial charge on any atom is -0.543 e. The van der Waals surface area contributed by atoms with Gasteiger partial charge in [-0.25, -0.2) is 0 Å². The number of carboxylic acids is 1. The van der Waals surface area contributed by atoms with E-state index in [9.17, 15) is 9.90 Å². The van der Waals surface area contributed by atoms with Crippen molar-refractivity contribution in [1.29, 1.82) is 0 Å². The van der Waals surface area contributed by atoms with Crippen molar-refractivity contribution in [3.05, 3.63) is 17.5 Å². The van der Waals surface area contributed by atoms with Crippen molar-refractivity contribution in [2.24, 2.45) is 0 Å². The van der Waals surface area contributed by atoms with Gasteiger partial charge in [0.1, 0.15) is 11.5 Å². The minimum absolute atomic E-state index is 0. The average molecular weight is 191 g/mol. The Labute approximate surface area is 112 Å². The van der Waals surface area contributed by atoms with Gasteiger partial charge in [0.2, 0.25) is 0 Å². The van der Waals surface area contributed by atoms with E-state index >= 15 is 0 Å². The van der Waals surface area contributed by atoms with Gasteiger partial charge in [-0.3, -0.25) is 0 Å². The van der Waals surface area contributed by atoms with E-state index in [1.54, 1.807) is 0 Å². The number of rotatable bonds is 2. The Morgan fingerprint density at radius 2 is 2.33 bits per heavy atom. The van der Waals surface area contributed by atoms with Crippen LogP contribution in [0.5, 0.6) is 0 Å². The SMILES string of the molecule is O=C([O-])c1cc(C2CC2)on1.[K+]. The Hall–Kier alpha value is 0.316. The Bertz CT molecular complexity index is 293. The fourth-order valence-electron chi connectivity index (χ4n) is 0.946. The standard InChI is InChI=1S/C7H7NO3.K/c9-7(10)5-3-6(11-8-5)4-1-2-4;/h3-4H,1-2H2,(H,9,10);/q;+1/p-1. The molecule has 1 heterocycles. The topological polar surface area (TPSA) is 66.2 Å². The number of aromatic nitrogens is 1. The van der Waals surface area contributed by atoms with Crippen LogP contribution in [0.3, 0.4) is 0 Å². The number of carboxylic acid groups (broad SMARTS) is 1. The predicted octanol–water partition coefficient (Wildman–Crippen LogP) is -3.08. The summed E-state index contributed by atoms with van der Waals surface area (Å²) in [6, 6.07) is 1.44. The molecule has 2 rings (SSSR count). The van der Waals surface area contributed by atoms with E-state index in [1.807, 2.05) is 0 Å². The van der Waals surface area contributed by atoms with Crippen LogP contribution in [-0.2, 0) is 0 Å². The van der Waals surface area contributed by atoms with Crippen LogP contribution in [0.2, 0.25) is 0 Å². The number of hydrogen-bond acceptors (Lipinski definition) is 4. The van der Waals surface area contributed by atoms with Crippen molar-refractivity contribution in [1.82, 2.24) is 5.16 Å². The van der Waals surface area contributed by atoms with Gasteiger partial charge in [0, 0.05) is 12.0 Å². The molecule has 0 spiro atoms. The third kappa shape index (κ3) is 2.17. The average Bonchev–Trinajstić information content (AvgIpc) is 2.68. The van der Waals surface area contributed by atoms with E-state index in [4.69, 9.17) is 4.52 Å². The second-order valence-electron chi connectivity index (χ2n) is 2.68. The molecule has 0 amide bonds. The van der Waals surface area contributed by atoms with E-state index in [0.29, 0.717) is 11.7 Å². The quantitative estimate of drug-likeness (QED) is 0.465. The van der Waals surface area contributed by atoms with E-state index in [1.165, 1.54) is 6.07 Å². The number of carbonyl (C=O) groups excluding carboxylic acids is 1. The van der Waals surface area contributed by atoms with Gasteiger partial charge in [0.05, 0.1) is 5.97 Å². The molecule has 1 aliphatic rings. The van der Waals surface area contributed by atoms with Crippen LogP contribution in [0.25, 0.3) is 0 Å². The molecule has 0 bridgehead atoms. The van der Waals surface area contributed by atoms with Crippen molar-refractivity contribution in [2.75, 3.05) is 0 Å². The Morgan fingerprint density at radius 3 is 2.75 bits per heavy atom. The first-order chi connectivity index (χ1) is 5.27. The first kappa shape index (κ1) is 10.4. The molecule has 0 unspecified atom stereocenters. The molecule has 4 nitrogen and oxygen atoms in total. The zero-order chi connectivity index (χ0) is 7.84. The monoisotopic (exact) mass is 191 g/mol. The fourth-order valence-corrected chi connectivity index (χ4v) is 0.946. The number of nitrogens with zero attached hydrogens (tertiary/aromatic N) is 1. The van der Waals surface area contributed by atoms with Crippen LogP contribution in [0.4, 0.5) is 0 Å². The summed E-state index contributed by atoms with van der Waals surface area (Å²) in [5.74, 6) is -0.208. The minimum atomic E-state index is -1.28. The van der Waals surface area contributed by atoms with E-state index < -0.39 is 5.97 Å². The van der Waals surface area contributed by atoms with Crippen LogP contribution >= 0.6 is 0 Å². The maximum absolute atomic E-state index is 10.2. The van der Waals surface area contributed by atoms with Gasteiger partial charge in [-0.05, 0) is 12.8 Å². The molecule has 12 heavy (non-hydrogen) atoms. The summed E-state index contributed by atoms with van der Waals surface area (Å²) >= 11 is 0. The van der Waals surface area contributed by atoms with Crippen molar-refractivity contribution >= 4 is 5.97 Å². The fraction of sp³-hybridized carbons (Fsp3) is 0.429. The molecule has 0 aliphatic heterocycles. The van der Waals surface area contributed by atoms with Crippen LogP contribution in [0.1, 0.15) is 35.0 Å². The summed E-state index contributed by atoms with van der Waals surface area (Å²) in [6.07, 6.45) is 2.14. The largest absolute Gasteiger partial charge is 1.00 e. The predicted molar refractivity (Wildman–Crippen MR) is 32.8 cm³/mol. The van der Waals surface area contributed by atoms with Crippen molar-refractivity contribution in [2.45, 2.75) is 18.8 Å². The molecule has 1 aromatic heterocycles. The van der Waals surface area contributed by atoms with Crippen molar-refractivity contribution < 1.29 is 65.8 Å². The van der Waals surface area contributed by atoms with Crippen LogP contribution < -0.4 is 56.5 Å². The molecule has 58 valence electrons. The van der Waals surface area contributed by atoms with E-state index in [2.05, 4.69) is 5.16 Å². The maximum atomic E-state index is 10.2. The molecule has 1 aromatic rings. The van der Waals surface area contributed by atoms with E-state index in [-0.39, 0.29) is 57.1 Å². The second-order valence-corrected chi connectivity index (χ2v) is 2.68. The zero-order valence-corrected chi connectivity index (χ0v) is 9.86. The van der Waals surface area contributed by atoms with Gasteiger partial charge in [-0.2, -0.15) is 0 Å². The van der Waals surface area contributed by atoms with Gasteiger partial charge >= 0.3 is 51.4 Å².